The molecule has 2 aromatic carbocycles. The molecule has 0 aliphatic heterocycles. The molecule has 0 saturated carbocycles. The highest BCUT2D eigenvalue weighted by Gasteiger charge is 2.12. The minimum atomic E-state index is 0.489. The van der Waals surface area contributed by atoms with Crippen LogP contribution in [0.15, 0.2) is 57.5 Å². The second-order valence-electron chi connectivity index (χ2n) is 5.29. The third-order valence-electron chi connectivity index (χ3n) is 3.51. The van der Waals surface area contributed by atoms with Crippen LogP contribution in [0.5, 0.6) is 0 Å². The summed E-state index contributed by atoms with van der Waals surface area (Å²) in [6.45, 7) is 4.29. The molecule has 0 aliphatic carbocycles. The molecule has 0 heterocycles. The average molecular weight is 411 g/mol. The lowest BCUT2D eigenvalue weighted by atomic mass is 9.92. The molecule has 0 spiro atoms. The molecule has 2 aromatic rings. The molecule has 0 radical (unpaired) electrons. The van der Waals surface area contributed by atoms with Crippen LogP contribution in [0.4, 0.5) is 0 Å². The molecule has 2 rings (SSSR count). The summed E-state index contributed by atoms with van der Waals surface area (Å²) in [5.41, 5.74) is 2.75. The number of rotatable bonds is 7. The van der Waals surface area contributed by atoms with E-state index in [9.17, 15) is 0 Å². The fraction of sp³-hybridized carbons (Fsp3) is 0.333. The zero-order valence-corrected chi connectivity index (χ0v) is 15.5. The number of hydrogen-bond donors (Lipinski definition) is 1. The van der Waals surface area contributed by atoms with Crippen LogP contribution in [-0.4, -0.2) is 13.1 Å². The van der Waals surface area contributed by atoms with Gasteiger partial charge in [-0.3, -0.25) is 0 Å². The minimum Gasteiger partial charge on any atom is -0.316 e. The summed E-state index contributed by atoms with van der Waals surface area (Å²) in [6, 6.07) is 17.3. The Morgan fingerprint density at radius 2 is 1.71 bits per heavy atom. The molecular weight excluding hydrogens is 390 g/mol. The second kappa shape index (κ2) is 8.72. The Morgan fingerprint density at radius 3 is 2.38 bits per heavy atom. The lowest BCUT2D eigenvalue weighted by Gasteiger charge is -2.19. The molecule has 0 bridgehead atoms. The molecule has 21 heavy (non-hydrogen) atoms. The van der Waals surface area contributed by atoms with Crippen LogP contribution < -0.4 is 5.32 Å². The van der Waals surface area contributed by atoms with Gasteiger partial charge >= 0.3 is 0 Å². The molecule has 0 saturated heterocycles. The average Bonchev–Trinajstić information content (AvgIpc) is 2.46. The topological polar surface area (TPSA) is 12.0 Å². The smallest absolute Gasteiger partial charge is 0.0178 e. The van der Waals surface area contributed by atoms with Gasteiger partial charge in [-0.15, -0.1) is 0 Å². The Bertz CT molecular complexity index is 569. The van der Waals surface area contributed by atoms with Gasteiger partial charge in [0, 0.05) is 21.4 Å². The van der Waals surface area contributed by atoms with Crippen molar-refractivity contribution in [2.45, 2.75) is 25.7 Å². The van der Waals surface area contributed by atoms with E-state index in [1.807, 2.05) is 0 Å². The predicted octanol–water partition coefficient (Wildman–Crippen LogP) is 5.54. The van der Waals surface area contributed by atoms with E-state index in [1.165, 1.54) is 17.5 Å². The first-order chi connectivity index (χ1) is 10.2. The largest absolute Gasteiger partial charge is 0.316 e. The summed E-state index contributed by atoms with van der Waals surface area (Å²) < 4.78 is 2.30. The van der Waals surface area contributed by atoms with Crippen LogP contribution in [0.1, 0.15) is 30.4 Å². The number of hydrogen-bond acceptors (Lipinski definition) is 1. The van der Waals surface area contributed by atoms with Crippen LogP contribution >= 0.6 is 31.9 Å². The van der Waals surface area contributed by atoms with Crippen molar-refractivity contribution in [1.29, 1.82) is 0 Å². The van der Waals surface area contributed by atoms with Gasteiger partial charge in [0.1, 0.15) is 0 Å². The molecule has 1 N–H and O–H groups in total. The summed E-state index contributed by atoms with van der Waals surface area (Å²) in [4.78, 5) is 0. The third-order valence-corrected chi connectivity index (χ3v) is 4.50. The normalized spacial score (nSPS) is 12.3. The maximum Gasteiger partial charge on any atom is 0.0178 e. The maximum absolute atomic E-state index is 3.58. The van der Waals surface area contributed by atoms with Crippen molar-refractivity contribution < 1.29 is 0 Å². The van der Waals surface area contributed by atoms with E-state index in [4.69, 9.17) is 0 Å². The molecular formula is C18H21Br2N. The lowest BCUT2D eigenvalue weighted by Crippen LogP contribution is -2.23. The SMILES string of the molecule is CCCNCC(Cc1cccc(Br)c1)c1cccc(Br)c1. The summed E-state index contributed by atoms with van der Waals surface area (Å²) in [5.74, 6) is 0.489. The summed E-state index contributed by atoms with van der Waals surface area (Å²) in [7, 11) is 0. The van der Waals surface area contributed by atoms with Gasteiger partial charge in [-0.2, -0.15) is 0 Å². The van der Waals surface area contributed by atoms with Crippen LogP contribution in [0.25, 0.3) is 0 Å². The quantitative estimate of drug-likeness (QED) is 0.591. The van der Waals surface area contributed by atoms with E-state index in [1.54, 1.807) is 0 Å². The maximum atomic E-state index is 3.58. The summed E-state index contributed by atoms with van der Waals surface area (Å²) >= 11 is 7.14. The number of nitrogens with one attached hydrogen (secondary N) is 1. The molecule has 0 aromatic heterocycles. The van der Waals surface area contributed by atoms with Gasteiger partial charge in [-0.1, -0.05) is 63.0 Å². The zero-order chi connectivity index (χ0) is 15.1. The van der Waals surface area contributed by atoms with Gasteiger partial charge < -0.3 is 5.32 Å². The van der Waals surface area contributed by atoms with Crippen molar-refractivity contribution >= 4 is 31.9 Å². The Kier molecular flexibility index (Phi) is 6.94. The fourth-order valence-corrected chi connectivity index (χ4v) is 3.33. The number of halogens is 2. The molecule has 1 nitrogen and oxygen atoms in total. The van der Waals surface area contributed by atoms with Gasteiger partial charge in [0.15, 0.2) is 0 Å². The molecule has 1 unspecified atom stereocenters. The van der Waals surface area contributed by atoms with Gasteiger partial charge in [0.05, 0.1) is 0 Å². The van der Waals surface area contributed by atoms with E-state index in [0.717, 1.165) is 28.5 Å². The standard InChI is InChI=1S/C18H21Br2N/c1-2-9-21-13-16(15-6-4-8-18(20)12-15)10-14-5-3-7-17(19)11-14/h3-8,11-12,16,21H,2,9-10,13H2,1H3. The van der Waals surface area contributed by atoms with Crippen LogP contribution in [0.2, 0.25) is 0 Å². The van der Waals surface area contributed by atoms with E-state index < -0.39 is 0 Å². The van der Waals surface area contributed by atoms with E-state index in [2.05, 4.69) is 92.6 Å². The Labute approximate surface area is 144 Å². The van der Waals surface area contributed by atoms with Crippen molar-refractivity contribution in [2.75, 3.05) is 13.1 Å². The van der Waals surface area contributed by atoms with Gasteiger partial charge in [-0.25, -0.2) is 0 Å². The molecule has 112 valence electrons. The fourth-order valence-electron chi connectivity index (χ4n) is 2.47. The Morgan fingerprint density at radius 1 is 1.00 bits per heavy atom. The molecule has 1 atom stereocenters. The monoisotopic (exact) mass is 409 g/mol. The first-order valence-electron chi connectivity index (χ1n) is 7.39. The van der Waals surface area contributed by atoms with E-state index in [0.29, 0.717) is 5.92 Å². The van der Waals surface area contributed by atoms with Gasteiger partial charge in [0.25, 0.3) is 0 Å². The number of benzene rings is 2. The predicted molar refractivity (Wildman–Crippen MR) is 97.9 cm³/mol. The third kappa shape index (κ3) is 5.57. The van der Waals surface area contributed by atoms with Crippen LogP contribution in [0.3, 0.4) is 0 Å². The zero-order valence-electron chi connectivity index (χ0n) is 12.3. The highest BCUT2D eigenvalue weighted by Crippen LogP contribution is 2.24. The van der Waals surface area contributed by atoms with Gasteiger partial charge in [-0.05, 0) is 54.8 Å². The minimum absolute atomic E-state index is 0.489. The van der Waals surface area contributed by atoms with E-state index in [-0.39, 0.29) is 0 Å². The van der Waals surface area contributed by atoms with Crippen molar-refractivity contribution in [3.8, 4) is 0 Å². The highest BCUT2D eigenvalue weighted by atomic mass is 79.9. The lowest BCUT2D eigenvalue weighted by molar-refractivity contribution is 0.576. The van der Waals surface area contributed by atoms with Crippen LogP contribution in [-0.2, 0) is 6.42 Å². The molecule has 3 heteroatoms. The molecule has 0 fully saturated rings. The van der Waals surface area contributed by atoms with E-state index >= 15 is 0 Å². The van der Waals surface area contributed by atoms with Gasteiger partial charge in [0.2, 0.25) is 0 Å². The van der Waals surface area contributed by atoms with Crippen molar-refractivity contribution in [1.82, 2.24) is 5.32 Å². The highest BCUT2D eigenvalue weighted by molar-refractivity contribution is 9.10. The Hall–Kier alpha value is -0.640. The van der Waals surface area contributed by atoms with Crippen LogP contribution in [0, 0.1) is 0 Å². The summed E-state index contributed by atoms with van der Waals surface area (Å²) in [6.07, 6.45) is 2.22. The Balaban J connectivity index is 2.15. The van der Waals surface area contributed by atoms with Crippen molar-refractivity contribution in [3.63, 3.8) is 0 Å². The van der Waals surface area contributed by atoms with Crippen molar-refractivity contribution in [3.05, 3.63) is 68.6 Å². The molecule has 0 aliphatic rings. The second-order valence-corrected chi connectivity index (χ2v) is 7.12. The first kappa shape index (κ1) is 16.7. The molecule has 0 amide bonds. The van der Waals surface area contributed by atoms with Crippen molar-refractivity contribution in [2.24, 2.45) is 0 Å². The summed E-state index contributed by atoms with van der Waals surface area (Å²) in [5, 5.41) is 3.56. The first-order valence-corrected chi connectivity index (χ1v) is 8.98.